The maximum Gasteiger partial charge on any atom is 0.226 e. The minimum Gasteiger partial charge on any atom is -0.497 e. The van der Waals surface area contributed by atoms with Crippen molar-refractivity contribution in [3.05, 3.63) is 65.2 Å². The molecule has 0 aliphatic rings. The van der Waals surface area contributed by atoms with E-state index in [-0.39, 0.29) is 18.4 Å². The lowest BCUT2D eigenvalue weighted by Gasteiger charge is -2.30. The van der Waals surface area contributed by atoms with Gasteiger partial charge in [-0.2, -0.15) is 0 Å². The second kappa shape index (κ2) is 12.4. The quantitative estimate of drug-likeness (QED) is 0.408. The van der Waals surface area contributed by atoms with E-state index in [9.17, 15) is 4.79 Å². The summed E-state index contributed by atoms with van der Waals surface area (Å²) in [4.78, 5) is 19.8. The van der Waals surface area contributed by atoms with Crippen LogP contribution in [0.2, 0.25) is 0 Å². The first kappa shape index (κ1) is 24.7. The second-order valence-corrected chi connectivity index (χ2v) is 8.43. The van der Waals surface area contributed by atoms with Gasteiger partial charge in [0.25, 0.3) is 0 Å². The van der Waals surface area contributed by atoms with Crippen LogP contribution in [0, 0.1) is 0 Å². The van der Waals surface area contributed by atoms with Crippen molar-refractivity contribution >= 4 is 17.2 Å². The van der Waals surface area contributed by atoms with Crippen LogP contribution >= 0.6 is 11.3 Å². The van der Waals surface area contributed by atoms with E-state index < -0.39 is 0 Å². The van der Waals surface area contributed by atoms with Gasteiger partial charge < -0.3 is 14.8 Å². The van der Waals surface area contributed by atoms with Gasteiger partial charge in [0.15, 0.2) is 0 Å². The van der Waals surface area contributed by atoms with Crippen molar-refractivity contribution in [1.29, 1.82) is 0 Å². The van der Waals surface area contributed by atoms with Crippen molar-refractivity contribution < 1.29 is 14.3 Å². The van der Waals surface area contributed by atoms with E-state index in [1.807, 2.05) is 54.8 Å². The van der Waals surface area contributed by atoms with E-state index in [2.05, 4.69) is 35.1 Å². The van der Waals surface area contributed by atoms with Gasteiger partial charge in [-0.05, 0) is 49.8 Å². The van der Waals surface area contributed by atoms with Gasteiger partial charge in [0.05, 0.1) is 37.4 Å². The number of rotatable bonds is 12. The number of hydrogen-bond acceptors (Lipinski definition) is 6. The number of ether oxygens (including phenoxy) is 2. The number of nitrogens with one attached hydrogen (secondary N) is 1. The Morgan fingerprint density at radius 1 is 1.12 bits per heavy atom. The number of hydrogen-bond donors (Lipinski definition) is 1. The smallest absolute Gasteiger partial charge is 0.226 e. The first-order chi connectivity index (χ1) is 16.1. The molecule has 0 radical (unpaired) electrons. The Morgan fingerprint density at radius 3 is 2.64 bits per heavy atom. The fourth-order valence-electron chi connectivity index (χ4n) is 3.85. The van der Waals surface area contributed by atoms with Gasteiger partial charge in [-0.1, -0.05) is 38.1 Å². The molecule has 1 aromatic heterocycles. The summed E-state index contributed by atoms with van der Waals surface area (Å²) in [5, 5.41) is 5.92. The van der Waals surface area contributed by atoms with Crippen molar-refractivity contribution in [2.24, 2.45) is 0 Å². The molecule has 1 amide bonds. The predicted octanol–water partition coefficient (Wildman–Crippen LogP) is 4.96. The third-order valence-electron chi connectivity index (χ3n) is 5.54. The molecule has 1 unspecified atom stereocenters. The normalized spacial score (nSPS) is 11.9. The van der Waals surface area contributed by atoms with Crippen molar-refractivity contribution in [2.75, 3.05) is 33.4 Å². The summed E-state index contributed by atoms with van der Waals surface area (Å²) < 4.78 is 11.1. The fourth-order valence-corrected chi connectivity index (χ4v) is 4.69. The monoisotopic (exact) mass is 467 g/mol. The molecule has 0 fully saturated rings. The van der Waals surface area contributed by atoms with Crippen molar-refractivity contribution in [3.63, 3.8) is 0 Å². The van der Waals surface area contributed by atoms with Gasteiger partial charge in [0.2, 0.25) is 5.91 Å². The molecule has 0 aliphatic carbocycles. The summed E-state index contributed by atoms with van der Waals surface area (Å²) in [5.74, 6) is 1.59. The zero-order chi connectivity index (χ0) is 23.6. The highest BCUT2D eigenvalue weighted by Crippen LogP contribution is 2.32. The third-order valence-corrected chi connectivity index (χ3v) is 6.46. The number of likely N-dealkylation sites (N-methyl/N-ethyl adjacent to an activating group) is 1. The van der Waals surface area contributed by atoms with Crippen molar-refractivity contribution in [3.8, 4) is 22.1 Å². The Bertz CT molecular complexity index is 1030. The molecule has 7 heteroatoms. The molecule has 33 heavy (non-hydrogen) atoms. The summed E-state index contributed by atoms with van der Waals surface area (Å²) in [7, 11) is 1.67. The molecular formula is C26H33N3O3S. The minimum absolute atomic E-state index is 0.0370. The lowest BCUT2D eigenvalue weighted by Crippen LogP contribution is -2.38. The van der Waals surface area contributed by atoms with E-state index in [4.69, 9.17) is 9.47 Å². The molecule has 0 saturated heterocycles. The first-order valence-corrected chi connectivity index (χ1v) is 12.3. The Hall–Kier alpha value is -2.90. The standard InChI is InChI=1S/C26H33N3O3S/c1-5-29(6-2)23(19-11-10-12-21(15-19)31-4)17-27-25(30)16-20-18-33-26(28-20)22-13-8-9-14-24(22)32-7-3/h8-15,18,23H,5-7,16-17H2,1-4H3,(H,27,30). The summed E-state index contributed by atoms with van der Waals surface area (Å²) in [6, 6.07) is 16.0. The van der Waals surface area contributed by atoms with Crippen molar-refractivity contribution in [1.82, 2.24) is 15.2 Å². The molecule has 0 saturated carbocycles. The van der Waals surface area contributed by atoms with E-state index in [1.165, 1.54) is 11.3 Å². The van der Waals surface area contributed by atoms with Gasteiger partial charge in [-0.15, -0.1) is 11.3 Å². The van der Waals surface area contributed by atoms with Gasteiger partial charge in [0, 0.05) is 11.9 Å². The zero-order valence-electron chi connectivity index (χ0n) is 19.8. The number of carbonyl (C=O) groups is 1. The van der Waals surface area contributed by atoms with Crippen LogP contribution < -0.4 is 14.8 Å². The van der Waals surface area contributed by atoms with Crippen LogP contribution in [0.3, 0.4) is 0 Å². The van der Waals surface area contributed by atoms with Gasteiger partial charge >= 0.3 is 0 Å². The summed E-state index contributed by atoms with van der Waals surface area (Å²) in [6.07, 6.45) is 0.246. The molecule has 176 valence electrons. The topological polar surface area (TPSA) is 63.7 Å². The SMILES string of the molecule is CCOc1ccccc1-c1nc(CC(=O)NCC(c2cccc(OC)c2)N(CC)CC)cs1. The summed E-state index contributed by atoms with van der Waals surface area (Å²) in [5.41, 5.74) is 2.84. The number of nitrogens with zero attached hydrogens (tertiary/aromatic N) is 2. The number of amides is 1. The van der Waals surface area contributed by atoms with Crippen LogP contribution in [0.5, 0.6) is 11.5 Å². The average Bonchev–Trinajstić information content (AvgIpc) is 3.30. The largest absolute Gasteiger partial charge is 0.497 e. The number of thiazole rings is 1. The predicted molar refractivity (Wildman–Crippen MR) is 134 cm³/mol. The summed E-state index contributed by atoms with van der Waals surface area (Å²) >= 11 is 1.53. The van der Waals surface area contributed by atoms with Gasteiger partial charge in [-0.3, -0.25) is 9.69 Å². The number of para-hydroxylation sites is 1. The van der Waals surface area contributed by atoms with E-state index in [0.29, 0.717) is 13.2 Å². The molecule has 3 aromatic rings. The molecule has 0 aliphatic heterocycles. The van der Waals surface area contributed by atoms with E-state index >= 15 is 0 Å². The Morgan fingerprint density at radius 2 is 1.91 bits per heavy atom. The van der Waals surface area contributed by atoms with E-state index in [0.717, 1.165) is 46.4 Å². The average molecular weight is 468 g/mol. The highest BCUT2D eigenvalue weighted by atomic mass is 32.1. The van der Waals surface area contributed by atoms with Gasteiger partial charge in [0.1, 0.15) is 16.5 Å². The molecule has 0 spiro atoms. The second-order valence-electron chi connectivity index (χ2n) is 7.57. The Kier molecular flexibility index (Phi) is 9.27. The van der Waals surface area contributed by atoms with Crippen molar-refractivity contribution in [2.45, 2.75) is 33.2 Å². The fraction of sp³-hybridized carbons (Fsp3) is 0.385. The van der Waals surface area contributed by atoms with E-state index in [1.54, 1.807) is 7.11 Å². The molecule has 0 bridgehead atoms. The highest BCUT2D eigenvalue weighted by Gasteiger charge is 2.20. The maximum atomic E-state index is 12.8. The first-order valence-electron chi connectivity index (χ1n) is 11.4. The molecular weight excluding hydrogens is 434 g/mol. The molecule has 3 rings (SSSR count). The van der Waals surface area contributed by atoms with Crippen LogP contribution in [0.15, 0.2) is 53.9 Å². The summed E-state index contributed by atoms with van der Waals surface area (Å²) in [6.45, 7) is 9.14. The van der Waals surface area contributed by atoms with Crippen LogP contribution in [0.25, 0.3) is 10.6 Å². The van der Waals surface area contributed by atoms with Crippen LogP contribution in [-0.2, 0) is 11.2 Å². The molecule has 1 heterocycles. The lowest BCUT2D eigenvalue weighted by molar-refractivity contribution is -0.120. The number of benzene rings is 2. The molecule has 1 atom stereocenters. The van der Waals surface area contributed by atoms with Gasteiger partial charge in [-0.25, -0.2) is 4.98 Å². The highest BCUT2D eigenvalue weighted by molar-refractivity contribution is 7.13. The third kappa shape index (κ3) is 6.55. The van der Waals surface area contributed by atoms with Crippen LogP contribution in [0.4, 0.5) is 0 Å². The Balaban J connectivity index is 1.67. The minimum atomic E-state index is -0.0370. The zero-order valence-corrected chi connectivity index (χ0v) is 20.7. The number of carbonyl (C=O) groups excluding carboxylic acids is 1. The number of aromatic nitrogens is 1. The molecule has 6 nitrogen and oxygen atoms in total. The Labute approximate surface area is 200 Å². The molecule has 1 N–H and O–H groups in total. The maximum absolute atomic E-state index is 12.8. The van der Waals surface area contributed by atoms with Crippen LogP contribution in [0.1, 0.15) is 38.1 Å². The lowest BCUT2D eigenvalue weighted by atomic mass is 10.0. The van der Waals surface area contributed by atoms with Crippen LogP contribution in [-0.4, -0.2) is 49.1 Å². The number of methoxy groups -OCH3 is 1. The molecule has 2 aromatic carbocycles.